The number of carboxylic acids is 1. The summed E-state index contributed by atoms with van der Waals surface area (Å²) in [5.74, 6) is 0.842. The molecule has 0 spiro atoms. The maximum absolute atomic E-state index is 10.6. The Morgan fingerprint density at radius 2 is 1.67 bits per heavy atom. The zero-order valence-electron chi connectivity index (χ0n) is 12.2. The summed E-state index contributed by atoms with van der Waals surface area (Å²) in [5, 5.41) is 8.70. The molecule has 0 atom stereocenters. The minimum atomic E-state index is -0.843. The lowest BCUT2D eigenvalue weighted by molar-refractivity contribution is -0.137. The number of carbonyl (C=O) groups is 1. The molecule has 0 heterocycles. The fourth-order valence-electron chi connectivity index (χ4n) is 1.82. The van der Waals surface area contributed by atoms with Gasteiger partial charge in [0.25, 0.3) is 0 Å². The van der Waals surface area contributed by atoms with E-state index in [1.54, 1.807) is 6.07 Å². The first-order valence-electron chi connectivity index (χ1n) is 6.83. The van der Waals surface area contributed by atoms with E-state index in [9.17, 15) is 4.79 Å². The Kier molecular flexibility index (Phi) is 7.59. The summed E-state index contributed by atoms with van der Waals surface area (Å²) in [4.78, 5) is 10.6. The van der Waals surface area contributed by atoms with Gasteiger partial charge < -0.3 is 14.6 Å². The monoisotopic (exact) mass is 584 g/mol. The third kappa shape index (κ3) is 5.75. The second kappa shape index (κ2) is 9.22. The molecule has 0 bridgehead atoms. The highest BCUT2D eigenvalue weighted by atomic mass is 79.9. The van der Waals surface area contributed by atoms with Gasteiger partial charge in [-0.1, -0.05) is 31.9 Å². The Bertz CT molecular complexity index is 749. The highest BCUT2D eigenvalue weighted by Crippen LogP contribution is 2.43. The molecule has 0 aliphatic rings. The molecular formula is C16H12Br4O4. The number of ether oxygens (including phenoxy) is 2. The van der Waals surface area contributed by atoms with E-state index >= 15 is 0 Å². The lowest BCUT2D eigenvalue weighted by atomic mass is 10.3. The van der Waals surface area contributed by atoms with Crippen LogP contribution in [0.25, 0.3) is 0 Å². The van der Waals surface area contributed by atoms with Gasteiger partial charge in [0.05, 0.1) is 15.6 Å². The summed E-state index contributed by atoms with van der Waals surface area (Å²) in [6.45, 7) is 0.285. The van der Waals surface area contributed by atoms with Crippen molar-refractivity contribution in [1.82, 2.24) is 0 Å². The van der Waals surface area contributed by atoms with Gasteiger partial charge in [0, 0.05) is 15.4 Å². The maximum Gasteiger partial charge on any atom is 0.303 e. The van der Waals surface area contributed by atoms with Crippen molar-refractivity contribution < 1.29 is 19.4 Å². The van der Waals surface area contributed by atoms with Crippen LogP contribution in [0.15, 0.2) is 48.2 Å². The molecule has 4 nitrogen and oxygen atoms in total. The molecule has 128 valence electrons. The molecule has 0 aliphatic heterocycles. The predicted molar refractivity (Wildman–Crippen MR) is 106 cm³/mol. The highest BCUT2D eigenvalue weighted by Gasteiger charge is 2.15. The number of rotatable bonds is 7. The van der Waals surface area contributed by atoms with Crippen LogP contribution in [0.3, 0.4) is 0 Å². The van der Waals surface area contributed by atoms with Gasteiger partial charge in [-0.05, 0) is 68.6 Å². The van der Waals surface area contributed by atoms with Crippen LogP contribution >= 0.6 is 63.7 Å². The fourth-order valence-corrected chi connectivity index (χ4v) is 4.21. The summed E-state index contributed by atoms with van der Waals surface area (Å²) in [6.07, 6.45) is 0.477. The van der Waals surface area contributed by atoms with Gasteiger partial charge in [0.2, 0.25) is 0 Å². The van der Waals surface area contributed by atoms with Gasteiger partial charge >= 0.3 is 5.97 Å². The maximum atomic E-state index is 10.6. The van der Waals surface area contributed by atoms with Crippen LogP contribution in [-0.4, -0.2) is 17.7 Å². The van der Waals surface area contributed by atoms with E-state index in [-0.39, 0.29) is 13.0 Å². The first-order valence-corrected chi connectivity index (χ1v) is 10.0. The second-order valence-electron chi connectivity index (χ2n) is 4.74. The van der Waals surface area contributed by atoms with E-state index in [2.05, 4.69) is 63.7 Å². The predicted octanol–water partition coefficient (Wildman–Crippen LogP) is 6.77. The number of halogens is 4. The summed E-state index contributed by atoms with van der Waals surface area (Å²) >= 11 is 13.7. The van der Waals surface area contributed by atoms with E-state index in [4.69, 9.17) is 14.6 Å². The summed E-state index contributed by atoms with van der Waals surface area (Å²) in [7, 11) is 0. The van der Waals surface area contributed by atoms with Crippen molar-refractivity contribution in [3.05, 3.63) is 48.2 Å². The molecule has 0 amide bonds. The van der Waals surface area contributed by atoms with Crippen LogP contribution in [0.4, 0.5) is 0 Å². The number of benzene rings is 2. The smallest absolute Gasteiger partial charge is 0.303 e. The molecule has 0 fully saturated rings. The summed E-state index contributed by atoms with van der Waals surface area (Å²) in [5.41, 5.74) is 0. The number of hydrogen-bond donors (Lipinski definition) is 1. The third-order valence-electron chi connectivity index (χ3n) is 2.87. The van der Waals surface area contributed by atoms with E-state index in [1.807, 2.05) is 24.3 Å². The lowest BCUT2D eigenvalue weighted by Gasteiger charge is -2.15. The van der Waals surface area contributed by atoms with Gasteiger partial charge in [0.15, 0.2) is 11.5 Å². The van der Waals surface area contributed by atoms with E-state index in [1.165, 1.54) is 0 Å². The van der Waals surface area contributed by atoms with Gasteiger partial charge in [-0.2, -0.15) is 0 Å². The van der Waals surface area contributed by atoms with Gasteiger partial charge in [0.1, 0.15) is 5.75 Å². The zero-order chi connectivity index (χ0) is 17.7. The summed E-state index contributed by atoms with van der Waals surface area (Å²) < 4.78 is 15.0. The van der Waals surface area contributed by atoms with Gasteiger partial charge in [-0.15, -0.1) is 0 Å². The first-order chi connectivity index (χ1) is 11.4. The Labute approximate surface area is 173 Å². The molecule has 0 unspecified atom stereocenters. The molecule has 0 aliphatic carbocycles. The molecule has 2 aromatic rings. The minimum absolute atomic E-state index is 0.0592. The van der Waals surface area contributed by atoms with Crippen LogP contribution in [0.5, 0.6) is 17.2 Å². The van der Waals surface area contributed by atoms with Crippen molar-refractivity contribution in [1.29, 1.82) is 0 Å². The van der Waals surface area contributed by atoms with Gasteiger partial charge in [-0.3, -0.25) is 4.79 Å². The second-order valence-corrected chi connectivity index (χ2v) is 8.28. The lowest BCUT2D eigenvalue weighted by Crippen LogP contribution is -2.03. The zero-order valence-corrected chi connectivity index (χ0v) is 18.5. The quantitative estimate of drug-likeness (QED) is 0.363. The highest BCUT2D eigenvalue weighted by molar-refractivity contribution is 9.11. The van der Waals surface area contributed by atoms with Gasteiger partial charge in [-0.25, -0.2) is 0 Å². The topological polar surface area (TPSA) is 55.8 Å². The molecule has 1 N–H and O–H groups in total. The summed E-state index contributed by atoms with van der Waals surface area (Å²) in [6, 6.07) is 9.23. The average Bonchev–Trinajstić information content (AvgIpc) is 2.48. The Hall–Kier alpha value is -0.570. The van der Waals surface area contributed by atoms with Crippen LogP contribution in [-0.2, 0) is 4.79 Å². The molecular weight excluding hydrogens is 576 g/mol. The molecule has 0 saturated carbocycles. The molecule has 2 aromatic carbocycles. The number of hydrogen-bond acceptors (Lipinski definition) is 3. The van der Waals surface area contributed by atoms with Crippen molar-refractivity contribution in [2.45, 2.75) is 12.8 Å². The van der Waals surface area contributed by atoms with Crippen molar-refractivity contribution in [3.63, 3.8) is 0 Å². The van der Waals surface area contributed by atoms with Crippen molar-refractivity contribution >= 4 is 69.7 Å². The van der Waals surface area contributed by atoms with Crippen molar-refractivity contribution in [2.75, 3.05) is 6.61 Å². The Morgan fingerprint density at radius 3 is 2.33 bits per heavy atom. The fraction of sp³-hybridized carbons (Fsp3) is 0.188. The largest absolute Gasteiger partial charge is 0.490 e. The average molecular weight is 588 g/mol. The first kappa shape index (κ1) is 19.8. The molecule has 0 aromatic heterocycles. The minimum Gasteiger partial charge on any atom is -0.490 e. The molecule has 8 heteroatoms. The van der Waals surface area contributed by atoms with Crippen LogP contribution in [0, 0.1) is 0 Å². The molecule has 0 saturated heterocycles. The SMILES string of the molecule is O=C(O)CCCOc1cc(Br)cc(Br)c1Oc1ccc(Br)cc1Br. The van der Waals surface area contributed by atoms with E-state index < -0.39 is 5.97 Å². The van der Waals surface area contributed by atoms with Crippen LogP contribution in [0.1, 0.15) is 12.8 Å². The van der Waals surface area contributed by atoms with Crippen LogP contribution in [0.2, 0.25) is 0 Å². The van der Waals surface area contributed by atoms with Crippen LogP contribution < -0.4 is 9.47 Å². The Morgan fingerprint density at radius 1 is 0.958 bits per heavy atom. The van der Waals surface area contributed by atoms with E-state index in [0.29, 0.717) is 23.7 Å². The molecule has 0 radical (unpaired) electrons. The van der Waals surface area contributed by atoms with E-state index in [0.717, 1.165) is 17.9 Å². The molecule has 2 rings (SSSR count). The Balaban J connectivity index is 2.22. The van der Waals surface area contributed by atoms with Crippen molar-refractivity contribution in [3.8, 4) is 17.2 Å². The van der Waals surface area contributed by atoms with Crippen molar-refractivity contribution in [2.24, 2.45) is 0 Å². The molecule has 24 heavy (non-hydrogen) atoms. The standard InChI is InChI=1S/C16H12Br4O4/c17-9-3-4-13(11(19)6-9)24-16-12(20)7-10(18)8-14(16)23-5-1-2-15(21)22/h3-4,6-8H,1-2,5H2,(H,21,22). The number of carboxylic acid groups (broad SMARTS) is 1. The third-order valence-corrected chi connectivity index (χ3v) is 5.03. The number of aliphatic carboxylic acids is 1. The normalized spacial score (nSPS) is 10.5.